The SMILES string of the molecule is COc1cccc(NC(=O)c2cc(-c3cccc(OC)c3)n[nH]2)c1. The van der Waals surface area contributed by atoms with Gasteiger partial charge in [-0.3, -0.25) is 9.89 Å². The summed E-state index contributed by atoms with van der Waals surface area (Å²) in [6, 6.07) is 16.4. The van der Waals surface area contributed by atoms with E-state index in [-0.39, 0.29) is 5.91 Å². The van der Waals surface area contributed by atoms with Crippen LogP contribution in [0.2, 0.25) is 0 Å². The molecule has 0 fully saturated rings. The van der Waals surface area contributed by atoms with Gasteiger partial charge in [0.2, 0.25) is 0 Å². The predicted octanol–water partition coefficient (Wildman–Crippen LogP) is 3.35. The average Bonchev–Trinajstić information content (AvgIpc) is 3.12. The second-order valence-electron chi connectivity index (χ2n) is 5.08. The standard InChI is InChI=1S/C18H17N3O3/c1-23-14-7-3-5-12(9-14)16-11-17(21-20-16)18(22)19-13-6-4-8-15(10-13)24-2/h3-11H,1-2H3,(H,19,22)(H,20,21). The number of carbonyl (C=O) groups is 1. The van der Waals surface area contributed by atoms with Gasteiger partial charge in [-0.15, -0.1) is 0 Å². The summed E-state index contributed by atoms with van der Waals surface area (Å²) in [5.41, 5.74) is 2.56. The minimum atomic E-state index is -0.273. The molecule has 2 N–H and O–H groups in total. The summed E-state index contributed by atoms with van der Waals surface area (Å²) in [6.45, 7) is 0. The van der Waals surface area contributed by atoms with Crippen LogP contribution in [0.25, 0.3) is 11.3 Å². The first-order valence-electron chi connectivity index (χ1n) is 7.35. The third-order valence-corrected chi connectivity index (χ3v) is 3.52. The number of nitrogens with zero attached hydrogens (tertiary/aromatic N) is 1. The molecule has 0 bridgehead atoms. The zero-order chi connectivity index (χ0) is 16.9. The quantitative estimate of drug-likeness (QED) is 0.755. The Morgan fingerprint density at radius 1 is 1.00 bits per heavy atom. The minimum absolute atomic E-state index is 0.273. The van der Waals surface area contributed by atoms with Crippen molar-refractivity contribution in [1.29, 1.82) is 0 Å². The summed E-state index contributed by atoms with van der Waals surface area (Å²) in [6.07, 6.45) is 0. The van der Waals surface area contributed by atoms with Crippen LogP contribution in [0.15, 0.2) is 54.6 Å². The molecule has 0 atom stereocenters. The first-order chi connectivity index (χ1) is 11.7. The van der Waals surface area contributed by atoms with Gasteiger partial charge >= 0.3 is 0 Å². The van der Waals surface area contributed by atoms with Crippen LogP contribution in [-0.4, -0.2) is 30.3 Å². The molecule has 24 heavy (non-hydrogen) atoms. The van der Waals surface area contributed by atoms with Crippen LogP contribution in [0.1, 0.15) is 10.5 Å². The Kier molecular flexibility index (Phi) is 4.47. The lowest BCUT2D eigenvalue weighted by molar-refractivity contribution is 0.102. The van der Waals surface area contributed by atoms with E-state index in [2.05, 4.69) is 15.5 Å². The first-order valence-corrected chi connectivity index (χ1v) is 7.35. The van der Waals surface area contributed by atoms with Crippen LogP contribution in [0, 0.1) is 0 Å². The van der Waals surface area contributed by atoms with Gasteiger partial charge in [-0.2, -0.15) is 5.10 Å². The fourth-order valence-corrected chi connectivity index (χ4v) is 2.27. The van der Waals surface area contributed by atoms with E-state index in [0.717, 1.165) is 11.3 Å². The molecule has 1 amide bonds. The van der Waals surface area contributed by atoms with Crippen LogP contribution in [-0.2, 0) is 0 Å². The number of hydrogen-bond acceptors (Lipinski definition) is 4. The lowest BCUT2D eigenvalue weighted by atomic mass is 10.1. The van der Waals surface area contributed by atoms with Gasteiger partial charge in [0.05, 0.1) is 19.9 Å². The molecule has 0 aliphatic carbocycles. The number of benzene rings is 2. The summed E-state index contributed by atoms with van der Waals surface area (Å²) >= 11 is 0. The first kappa shape index (κ1) is 15.6. The van der Waals surface area contributed by atoms with Gasteiger partial charge < -0.3 is 14.8 Å². The summed E-state index contributed by atoms with van der Waals surface area (Å²) < 4.78 is 10.3. The number of H-pyrrole nitrogens is 1. The smallest absolute Gasteiger partial charge is 0.273 e. The Morgan fingerprint density at radius 2 is 1.71 bits per heavy atom. The number of anilines is 1. The molecule has 1 heterocycles. The lowest BCUT2D eigenvalue weighted by Gasteiger charge is -2.05. The number of aromatic amines is 1. The second kappa shape index (κ2) is 6.87. The van der Waals surface area contributed by atoms with Crippen LogP contribution >= 0.6 is 0 Å². The van der Waals surface area contributed by atoms with E-state index in [1.807, 2.05) is 36.4 Å². The van der Waals surface area contributed by atoms with Crippen LogP contribution in [0.3, 0.4) is 0 Å². The molecule has 0 saturated carbocycles. The topological polar surface area (TPSA) is 76.2 Å². The maximum atomic E-state index is 12.3. The van der Waals surface area contributed by atoms with Crippen molar-refractivity contribution in [3.8, 4) is 22.8 Å². The Labute approximate surface area is 139 Å². The van der Waals surface area contributed by atoms with Crippen molar-refractivity contribution in [2.75, 3.05) is 19.5 Å². The van der Waals surface area contributed by atoms with Crippen molar-refractivity contribution >= 4 is 11.6 Å². The third-order valence-electron chi connectivity index (χ3n) is 3.52. The number of rotatable bonds is 5. The molecule has 0 saturated heterocycles. The largest absolute Gasteiger partial charge is 0.497 e. The van der Waals surface area contributed by atoms with E-state index in [4.69, 9.17) is 9.47 Å². The number of hydrogen-bond donors (Lipinski definition) is 2. The highest BCUT2D eigenvalue weighted by atomic mass is 16.5. The molecular formula is C18H17N3O3. The van der Waals surface area contributed by atoms with Gasteiger partial charge in [0.1, 0.15) is 17.2 Å². The van der Waals surface area contributed by atoms with Gasteiger partial charge in [0, 0.05) is 17.3 Å². The normalized spacial score (nSPS) is 10.2. The van der Waals surface area contributed by atoms with Crippen molar-refractivity contribution in [3.05, 3.63) is 60.3 Å². The Bertz CT molecular complexity index is 858. The lowest BCUT2D eigenvalue weighted by Crippen LogP contribution is -2.12. The van der Waals surface area contributed by atoms with Gasteiger partial charge in [-0.1, -0.05) is 18.2 Å². The second-order valence-corrected chi connectivity index (χ2v) is 5.08. The van der Waals surface area contributed by atoms with Gasteiger partial charge in [-0.25, -0.2) is 0 Å². The van der Waals surface area contributed by atoms with Crippen LogP contribution in [0.4, 0.5) is 5.69 Å². The number of ether oxygens (including phenoxy) is 2. The van der Waals surface area contributed by atoms with Gasteiger partial charge in [-0.05, 0) is 30.3 Å². The van der Waals surface area contributed by atoms with E-state index in [1.54, 1.807) is 32.4 Å². The van der Waals surface area contributed by atoms with Crippen molar-refractivity contribution in [2.24, 2.45) is 0 Å². The monoisotopic (exact) mass is 323 g/mol. The van der Waals surface area contributed by atoms with E-state index in [9.17, 15) is 4.79 Å². The Hall–Kier alpha value is -3.28. The van der Waals surface area contributed by atoms with Crippen molar-refractivity contribution in [3.63, 3.8) is 0 Å². The summed E-state index contributed by atoms with van der Waals surface area (Å²) in [5, 5.41) is 9.75. The number of amides is 1. The maximum Gasteiger partial charge on any atom is 0.273 e. The molecule has 122 valence electrons. The summed E-state index contributed by atoms with van der Waals surface area (Å²) in [4.78, 5) is 12.3. The number of aromatic nitrogens is 2. The van der Waals surface area contributed by atoms with Crippen molar-refractivity contribution in [1.82, 2.24) is 10.2 Å². The van der Waals surface area contributed by atoms with E-state index in [0.29, 0.717) is 22.8 Å². The highest BCUT2D eigenvalue weighted by molar-refractivity contribution is 6.03. The average molecular weight is 323 g/mol. The molecule has 0 spiro atoms. The molecule has 2 aromatic carbocycles. The molecule has 1 aromatic heterocycles. The highest BCUT2D eigenvalue weighted by Gasteiger charge is 2.12. The fourth-order valence-electron chi connectivity index (χ4n) is 2.27. The molecule has 3 aromatic rings. The minimum Gasteiger partial charge on any atom is -0.497 e. The maximum absolute atomic E-state index is 12.3. The van der Waals surface area contributed by atoms with Crippen molar-refractivity contribution < 1.29 is 14.3 Å². The van der Waals surface area contributed by atoms with Gasteiger partial charge in [0.25, 0.3) is 5.91 Å². The number of methoxy groups -OCH3 is 2. The molecule has 0 aliphatic heterocycles. The predicted molar refractivity (Wildman–Crippen MR) is 91.5 cm³/mol. The van der Waals surface area contributed by atoms with E-state index < -0.39 is 0 Å². The molecule has 0 unspecified atom stereocenters. The van der Waals surface area contributed by atoms with Gasteiger partial charge in [0.15, 0.2) is 0 Å². The molecule has 3 rings (SSSR count). The molecule has 0 aliphatic rings. The summed E-state index contributed by atoms with van der Waals surface area (Å²) in [7, 11) is 3.19. The Morgan fingerprint density at radius 3 is 2.46 bits per heavy atom. The molecule has 0 radical (unpaired) electrons. The van der Waals surface area contributed by atoms with Crippen molar-refractivity contribution in [2.45, 2.75) is 0 Å². The van der Waals surface area contributed by atoms with E-state index in [1.165, 1.54) is 0 Å². The molecular weight excluding hydrogens is 306 g/mol. The zero-order valence-electron chi connectivity index (χ0n) is 13.4. The van der Waals surface area contributed by atoms with Crippen LogP contribution in [0.5, 0.6) is 11.5 Å². The zero-order valence-corrected chi connectivity index (χ0v) is 13.4. The third kappa shape index (κ3) is 3.38. The molecule has 6 nitrogen and oxygen atoms in total. The highest BCUT2D eigenvalue weighted by Crippen LogP contribution is 2.23. The van der Waals surface area contributed by atoms with Crippen LogP contribution < -0.4 is 14.8 Å². The number of carbonyl (C=O) groups excluding carboxylic acids is 1. The Balaban J connectivity index is 1.78. The fraction of sp³-hybridized carbons (Fsp3) is 0.111. The summed E-state index contributed by atoms with van der Waals surface area (Å²) in [5.74, 6) is 1.14. The number of nitrogens with one attached hydrogen (secondary N) is 2. The molecule has 6 heteroatoms. The van der Waals surface area contributed by atoms with E-state index >= 15 is 0 Å².